The van der Waals surface area contributed by atoms with E-state index in [-0.39, 0.29) is 0 Å². The molecule has 0 aliphatic carbocycles. The molecule has 18 heavy (non-hydrogen) atoms. The number of fused-ring (bicyclic) bond motifs is 1. The van der Waals surface area contributed by atoms with Gasteiger partial charge >= 0.3 is 0 Å². The van der Waals surface area contributed by atoms with E-state index in [1.165, 1.54) is 22.2 Å². The normalized spacial score (nSPS) is 10.9. The van der Waals surface area contributed by atoms with E-state index < -0.39 is 0 Å². The Labute approximate surface area is 111 Å². The topological polar surface area (TPSA) is 4.93 Å². The highest BCUT2D eigenvalue weighted by molar-refractivity contribution is 7.97. The Morgan fingerprint density at radius 2 is 1.67 bits per heavy atom. The first-order valence-corrected chi connectivity index (χ1v) is 7.42. The highest BCUT2D eigenvalue weighted by atomic mass is 32.2. The molecule has 0 bridgehead atoms. The molecule has 0 aliphatic heterocycles. The predicted octanol–water partition coefficient (Wildman–Crippen LogP) is 4.63. The number of hydrogen-bond acceptors (Lipinski definition) is 1. The van der Waals surface area contributed by atoms with Crippen LogP contribution in [0.3, 0.4) is 0 Å². The number of hydrogen-bond donors (Lipinski definition) is 0. The second-order valence-electron chi connectivity index (χ2n) is 4.30. The van der Waals surface area contributed by atoms with Crippen LogP contribution in [-0.2, 0) is 5.88 Å². The maximum Gasteiger partial charge on any atom is 0.0686 e. The van der Waals surface area contributed by atoms with Crippen molar-refractivity contribution in [3.63, 3.8) is 0 Å². The summed E-state index contributed by atoms with van der Waals surface area (Å²) in [5.74, 6) is 0.984. The van der Waals surface area contributed by atoms with Crippen molar-refractivity contribution < 1.29 is 0 Å². The average Bonchev–Trinajstić information content (AvgIpc) is 2.80. The number of para-hydroxylation sites is 1. The van der Waals surface area contributed by atoms with Gasteiger partial charge in [0.2, 0.25) is 0 Å². The zero-order valence-electron chi connectivity index (χ0n) is 10.3. The van der Waals surface area contributed by atoms with Crippen LogP contribution in [0.25, 0.3) is 22.2 Å². The maximum atomic E-state index is 2.38. The van der Waals surface area contributed by atoms with Crippen LogP contribution in [0, 0.1) is 0 Å². The lowest BCUT2D eigenvalue weighted by molar-refractivity contribution is 0.953. The molecule has 1 nitrogen and oxygen atoms in total. The molecule has 0 radical (unpaired) electrons. The van der Waals surface area contributed by atoms with Crippen molar-refractivity contribution in [3.05, 3.63) is 60.7 Å². The van der Waals surface area contributed by atoms with Crippen LogP contribution in [0.4, 0.5) is 0 Å². The van der Waals surface area contributed by atoms with Crippen molar-refractivity contribution in [1.29, 1.82) is 0 Å². The lowest BCUT2D eigenvalue weighted by Crippen LogP contribution is -1.96. The lowest BCUT2D eigenvalue weighted by Gasteiger charge is -2.09. The summed E-state index contributed by atoms with van der Waals surface area (Å²) in [6.45, 7) is 0. The second-order valence-corrected chi connectivity index (χ2v) is 5.14. The van der Waals surface area contributed by atoms with Crippen LogP contribution >= 0.6 is 11.8 Å². The summed E-state index contributed by atoms with van der Waals surface area (Å²) >= 11 is 1.85. The minimum absolute atomic E-state index is 0.984. The molecule has 0 unspecified atom stereocenters. The van der Waals surface area contributed by atoms with E-state index in [9.17, 15) is 0 Å². The molecule has 1 aromatic heterocycles. The zero-order chi connectivity index (χ0) is 12.4. The van der Waals surface area contributed by atoms with Crippen molar-refractivity contribution in [2.24, 2.45) is 0 Å². The summed E-state index contributed by atoms with van der Waals surface area (Å²) in [5.41, 5.74) is 3.89. The van der Waals surface area contributed by atoms with E-state index in [1.54, 1.807) is 0 Å². The van der Waals surface area contributed by atoms with Crippen molar-refractivity contribution >= 4 is 22.7 Å². The van der Waals surface area contributed by atoms with E-state index in [4.69, 9.17) is 0 Å². The molecule has 0 saturated heterocycles. The Morgan fingerprint density at radius 1 is 0.944 bits per heavy atom. The summed E-state index contributed by atoms with van der Waals surface area (Å²) in [6.07, 6.45) is 2.14. The van der Waals surface area contributed by atoms with Crippen LogP contribution in [0.15, 0.2) is 60.7 Å². The quantitative estimate of drug-likeness (QED) is 0.659. The number of benzene rings is 2. The van der Waals surface area contributed by atoms with E-state index >= 15 is 0 Å². The van der Waals surface area contributed by atoms with Gasteiger partial charge in [-0.3, -0.25) is 0 Å². The van der Waals surface area contributed by atoms with Gasteiger partial charge in [0.1, 0.15) is 0 Å². The molecular formula is C16H15NS. The van der Waals surface area contributed by atoms with Crippen molar-refractivity contribution in [2.75, 3.05) is 6.26 Å². The van der Waals surface area contributed by atoms with Gasteiger partial charge in [-0.25, -0.2) is 0 Å². The SMILES string of the molecule is CSCn1c(-c2ccccc2)cc2ccccc21. The van der Waals surface area contributed by atoms with Gasteiger partial charge in [-0.15, -0.1) is 11.8 Å². The van der Waals surface area contributed by atoms with Crippen molar-refractivity contribution in [1.82, 2.24) is 4.57 Å². The van der Waals surface area contributed by atoms with Crippen LogP contribution in [0.2, 0.25) is 0 Å². The first-order chi connectivity index (χ1) is 8.90. The van der Waals surface area contributed by atoms with Gasteiger partial charge in [-0.05, 0) is 24.0 Å². The molecule has 0 saturated carbocycles. The molecular weight excluding hydrogens is 238 g/mol. The fourth-order valence-corrected chi connectivity index (χ4v) is 2.86. The van der Waals surface area contributed by atoms with Crippen LogP contribution in [0.5, 0.6) is 0 Å². The molecule has 0 fully saturated rings. The summed E-state index contributed by atoms with van der Waals surface area (Å²) in [5, 5.41) is 1.31. The smallest absolute Gasteiger partial charge is 0.0686 e. The zero-order valence-corrected chi connectivity index (χ0v) is 11.2. The highest BCUT2D eigenvalue weighted by Gasteiger charge is 2.09. The van der Waals surface area contributed by atoms with Gasteiger partial charge in [-0.2, -0.15) is 0 Å². The Kier molecular flexibility index (Phi) is 3.11. The Bertz CT molecular complexity index is 655. The highest BCUT2D eigenvalue weighted by Crippen LogP contribution is 2.29. The van der Waals surface area contributed by atoms with E-state index in [0.717, 1.165) is 5.88 Å². The summed E-state index contributed by atoms with van der Waals surface area (Å²) in [6, 6.07) is 21.4. The molecule has 0 N–H and O–H groups in total. The summed E-state index contributed by atoms with van der Waals surface area (Å²) in [7, 11) is 0. The molecule has 0 aliphatic rings. The van der Waals surface area contributed by atoms with Crippen molar-refractivity contribution in [3.8, 4) is 11.3 Å². The standard InChI is InChI=1S/C16H15NS/c1-18-12-17-15-10-6-5-9-14(15)11-16(17)13-7-3-2-4-8-13/h2-11H,12H2,1H3. The number of nitrogens with zero attached hydrogens (tertiary/aromatic N) is 1. The molecule has 0 atom stereocenters. The predicted molar refractivity (Wildman–Crippen MR) is 80.9 cm³/mol. The van der Waals surface area contributed by atoms with Crippen molar-refractivity contribution in [2.45, 2.75) is 5.88 Å². The molecule has 0 spiro atoms. The average molecular weight is 253 g/mol. The molecule has 3 rings (SSSR count). The Balaban J connectivity index is 2.25. The molecule has 0 amide bonds. The molecule has 2 aromatic carbocycles. The first kappa shape index (κ1) is 11.4. The van der Waals surface area contributed by atoms with Crippen LogP contribution < -0.4 is 0 Å². The van der Waals surface area contributed by atoms with E-state index in [1.807, 2.05) is 11.8 Å². The van der Waals surface area contributed by atoms with Gasteiger partial charge in [-0.1, -0.05) is 48.5 Å². The molecule has 90 valence electrons. The van der Waals surface area contributed by atoms with Crippen LogP contribution in [0.1, 0.15) is 0 Å². The van der Waals surface area contributed by atoms with Gasteiger partial charge in [0.25, 0.3) is 0 Å². The van der Waals surface area contributed by atoms with Gasteiger partial charge in [0.05, 0.1) is 5.88 Å². The monoisotopic (exact) mass is 253 g/mol. The number of rotatable bonds is 3. The van der Waals surface area contributed by atoms with Gasteiger partial charge in [0, 0.05) is 16.6 Å². The third kappa shape index (κ3) is 1.93. The summed E-state index contributed by atoms with van der Waals surface area (Å²) in [4.78, 5) is 0. The minimum Gasteiger partial charge on any atom is -0.331 e. The number of thioether (sulfide) groups is 1. The third-order valence-corrected chi connectivity index (χ3v) is 3.65. The lowest BCUT2D eigenvalue weighted by atomic mass is 10.1. The minimum atomic E-state index is 0.984. The van der Waals surface area contributed by atoms with E-state index in [2.05, 4.69) is 71.5 Å². The molecule has 1 heterocycles. The fourth-order valence-electron chi connectivity index (χ4n) is 2.33. The largest absolute Gasteiger partial charge is 0.331 e. The Morgan fingerprint density at radius 3 is 2.44 bits per heavy atom. The third-order valence-electron chi connectivity index (χ3n) is 3.14. The molecule has 3 aromatic rings. The second kappa shape index (κ2) is 4.91. The van der Waals surface area contributed by atoms with Gasteiger partial charge in [0.15, 0.2) is 0 Å². The number of aromatic nitrogens is 1. The van der Waals surface area contributed by atoms with E-state index in [0.29, 0.717) is 0 Å². The van der Waals surface area contributed by atoms with Gasteiger partial charge < -0.3 is 4.57 Å². The Hall–Kier alpha value is -1.67. The fraction of sp³-hybridized carbons (Fsp3) is 0.125. The van der Waals surface area contributed by atoms with Crippen LogP contribution in [-0.4, -0.2) is 10.8 Å². The first-order valence-electron chi connectivity index (χ1n) is 6.03. The molecule has 2 heteroatoms. The maximum absolute atomic E-state index is 2.38. The summed E-state index contributed by atoms with van der Waals surface area (Å²) < 4.78 is 2.38.